The highest BCUT2D eigenvalue weighted by Crippen LogP contribution is 2.44. The van der Waals surface area contributed by atoms with E-state index in [0.29, 0.717) is 15.7 Å². The Hall–Kier alpha value is -2.57. The Labute approximate surface area is 211 Å². The zero-order valence-electron chi connectivity index (χ0n) is 17.4. The van der Waals surface area contributed by atoms with Crippen molar-refractivity contribution < 1.29 is 0 Å². The number of fused-ring (bicyclic) bond motifs is 1. The van der Waals surface area contributed by atoms with Crippen LogP contribution in [0.4, 0.5) is 0 Å². The molecule has 0 radical (unpaired) electrons. The molecular formula is C25H17Cl3N4S. The number of nitrogens with zero attached hydrogens (tertiary/aromatic N) is 4. The molecule has 3 aromatic carbocycles. The van der Waals surface area contributed by atoms with Crippen LogP contribution in [0.2, 0.25) is 15.3 Å². The predicted octanol–water partition coefficient (Wildman–Crippen LogP) is 7.21. The Morgan fingerprint density at radius 2 is 1.61 bits per heavy atom. The van der Waals surface area contributed by atoms with E-state index in [-0.39, 0.29) is 5.28 Å². The summed E-state index contributed by atoms with van der Waals surface area (Å²) >= 11 is 23.9. The minimum Gasteiger partial charge on any atom is -0.336 e. The molecule has 33 heavy (non-hydrogen) atoms. The second kappa shape index (κ2) is 8.65. The molecule has 0 aliphatic rings. The second-order valence-corrected chi connectivity index (χ2v) is 9.57. The van der Waals surface area contributed by atoms with Gasteiger partial charge in [-0.1, -0.05) is 53.5 Å². The van der Waals surface area contributed by atoms with Gasteiger partial charge in [0.2, 0.25) is 5.28 Å². The van der Waals surface area contributed by atoms with Crippen molar-refractivity contribution in [2.45, 2.75) is 4.75 Å². The molecule has 164 valence electrons. The van der Waals surface area contributed by atoms with Gasteiger partial charge >= 0.3 is 0 Å². The van der Waals surface area contributed by atoms with E-state index in [1.807, 2.05) is 78.5 Å². The number of rotatable bonds is 4. The van der Waals surface area contributed by atoms with E-state index in [1.165, 1.54) is 0 Å². The molecule has 5 aromatic rings. The molecule has 8 heteroatoms. The summed E-state index contributed by atoms with van der Waals surface area (Å²) in [4.78, 5) is 13.3. The Morgan fingerprint density at radius 1 is 0.848 bits per heavy atom. The zero-order valence-corrected chi connectivity index (χ0v) is 20.5. The Balaban J connectivity index is 1.80. The van der Waals surface area contributed by atoms with E-state index in [9.17, 15) is 0 Å². The molecular weight excluding hydrogens is 495 g/mol. The maximum absolute atomic E-state index is 6.26. The molecule has 4 nitrogen and oxygen atoms in total. The van der Waals surface area contributed by atoms with Crippen LogP contribution >= 0.6 is 47.4 Å². The molecule has 2 aromatic heterocycles. The third-order valence-corrected chi connectivity index (χ3v) is 7.04. The average molecular weight is 512 g/mol. The highest BCUT2D eigenvalue weighted by Gasteiger charge is 2.35. The quantitative estimate of drug-likeness (QED) is 0.205. The van der Waals surface area contributed by atoms with Gasteiger partial charge in [0.25, 0.3) is 0 Å². The number of benzene rings is 3. The number of hydrogen-bond acceptors (Lipinski definition) is 4. The molecule has 2 heterocycles. The molecule has 1 unspecified atom stereocenters. The van der Waals surface area contributed by atoms with Gasteiger partial charge < -0.3 is 4.57 Å². The number of aromatic nitrogens is 4. The third kappa shape index (κ3) is 4.00. The van der Waals surface area contributed by atoms with E-state index in [4.69, 9.17) is 47.4 Å². The molecule has 0 spiro atoms. The summed E-state index contributed by atoms with van der Waals surface area (Å²) in [6, 6.07) is 21.2. The molecule has 0 bridgehead atoms. The lowest BCUT2D eigenvalue weighted by Crippen LogP contribution is -2.25. The highest BCUT2D eigenvalue weighted by atomic mass is 35.5. The molecule has 0 saturated carbocycles. The zero-order chi connectivity index (χ0) is 23.2. The van der Waals surface area contributed by atoms with Crippen molar-refractivity contribution in [3.05, 3.63) is 111 Å². The first kappa shape index (κ1) is 22.2. The van der Waals surface area contributed by atoms with Crippen molar-refractivity contribution in [1.29, 1.82) is 0 Å². The molecule has 0 saturated heterocycles. The van der Waals surface area contributed by atoms with Gasteiger partial charge in [-0.2, -0.15) is 12.6 Å². The number of hydrogen-bond donors (Lipinski definition) is 1. The average Bonchev–Trinajstić information content (AvgIpc) is 3.24. The van der Waals surface area contributed by atoms with Gasteiger partial charge in [0, 0.05) is 28.0 Å². The summed E-state index contributed by atoms with van der Waals surface area (Å²) in [6.45, 7) is 0. The lowest BCUT2D eigenvalue weighted by atomic mass is 9.86. The van der Waals surface area contributed by atoms with E-state index < -0.39 is 4.75 Å². The maximum atomic E-state index is 6.26. The fourth-order valence-electron chi connectivity index (χ4n) is 4.04. The molecule has 0 aliphatic carbocycles. The second-order valence-electron chi connectivity index (χ2n) is 7.69. The van der Waals surface area contributed by atoms with Crippen LogP contribution in [0.25, 0.3) is 22.2 Å². The van der Waals surface area contributed by atoms with E-state index in [0.717, 1.165) is 33.3 Å². The minimum absolute atomic E-state index is 0.173. The Kier molecular flexibility index (Phi) is 5.83. The van der Waals surface area contributed by atoms with Gasteiger partial charge in [0.1, 0.15) is 4.75 Å². The van der Waals surface area contributed by atoms with Gasteiger partial charge in [0.15, 0.2) is 0 Å². The van der Waals surface area contributed by atoms with Gasteiger partial charge in [-0.25, -0.2) is 15.0 Å². The monoisotopic (exact) mass is 510 g/mol. The van der Waals surface area contributed by atoms with Crippen LogP contribution in [0.1, 0.15) is 16.8 Å². The lowest BCUT2D eigenvalue weighted by molar-refractivity contribution is 0.759. The molecule has 0 aliphatic heterocycles. The van der Waals surface area contributed by atoms with Crippen LogP contribution in [-0.2, 0) is 11.8 Å². The van der Waals surface area contributed by atoms with Crippen LogP contribution in [0.5, 0.6) is 0 Å². The number of imidazole rings is 1. The van der Waals surface area contributed by atoms with Crippen molar-refractivity contribution in [2.75, 3.05) is 0 Å². The van der Waals surface area contributed by atoms with Crippen molar-refractivity contribution in [1.82, 2.24) is 19.5 Å². The first-order valence-electron chi connectivity index (χ1n) is 10.0. The van der Waals surface area contributed by atoms with Crippen LogP contribution < -0.4 is 0 Å². The number of aryl methyl sites for hydroxylation is 1. The molecule has 0 amide bonds. The van der Waals surface area contributed by atoms with Gasteiger partial charge in [-0.05, 0) is 59.1 Å². The summed E-state index contributed by atoms with van der Waals surface area (Å²) in [7, 11) is 1.95. The SMILES string of the molecule is Cn1cncc1C(S)(c1ccc(Cl)cc1)c1ccc2nc(Cl)nc(-c3cccc(Cl)c3)c2c1. The van der Waals surface area contributed by atoms with Crippen molar-refractivity contribution in [3.63, 3.8) is 0 Å². The van der Waals surface area contributed by atoms with E-state index in [1.54, 1.807) is 6.33 Å². The fraction of sp³-hybridized carbons (Fsp3) is 0.0800. The summed E-state index contributed by atoms with van der Waals surface area (Å²) in [6.07, 6.45) is 3.58. The van der Waals surface area contributed by atoms with Gasteiger partial charge in [0.05, 0.1) is 29.4 Å². The normalized spacial score (nSPS) is 13.2. The predicted molar refractivity (Wildman–Crippen MR) is 139 cm³/mol. The van der Waals surface area contributed by atoms with Crippen LogP contribution in [0.15, 0.2) is 79.3 Å². The molecule has 0 N–H and O–H groups in total. The fourth-order valence-corrected chi connectivity index (χ4v) is 5.04. The molecule has 0 fully saturated rings. The maximum Gasteiger partial charge on any atom is 0.223 e. The Bertz CT molecular complexity index is 1480. The van der Waals surface area contributed by atoms with Crippen molar-refractivity contribution in [3.8, 4) is 11.3 Å². The summed E-state index contributed by atoms with van der Waals surface area (Å²) < 4.78 is 1.15. The first-order chi connectivity index (χ1) is 15.9. The topological polar surface area (TPSA) is 43.6 Å². The Morgan fingerprint density at radius 3 is 2.30 bits per heavy atom. The number of thiol groups is 1. The molecule has 5 rings (SSSR count). The van der Waals surface area contributed by atoms with Crippen LogP contribution in [0, 0.1) is 0 Å². The van der Waals surface area contributed by atoms with E-state index in [2.05, 4.69) is 21.0 Å². The molecule has 1 atom stereocenters. The van der Waals surface area contributed by atoms with Crippen molar-refractivity contribution >= 4 is 58.3 Å². The van der Waals surface area contributed by atoms with Gasteiger partial charge in [-0.15, -0.1) is 0 Å². The van der Waals surface area contributed by atoms with Crippen LogP contribution in [-0.4, -0.2) is 19.5 Å². The number of halogens is 3. The minimum atomic E-state index is -0.810. The van der Waals surface area contributed by atoms with Gasteiger partial charge in [-0.3, -0.25) is 0 Å². The summed E-state index contributed by atoms with van der Waals surface area (Å²) in [5, 5.41) is 2.29. The standard InChI is InChI=1S/C25H17Cl3N4S/c1-32-14-29-13-22(32)25(33,16-5-8-18(26)9-6-16)17-7-10-21-20(12-17)23(31-24(28)30-21)15-3-2-4-19(27)11-15/h2-14,33H,1H3. The highest BCUT2D eigenvalue weighted by molar-refractivity contribution is 7.81. The summed E-state index contributed by atoms with van der Waals surface area (Å²) in [5.41, 5.74) is 5.07. The lowest BCUT2D eigenvalue weighted by Gasteiger charge is -2.30. The van der Waals surface area contributed by atoms with Crippen molar-refractivity contribution in [2.24, 2.45) is 7.05 Å². The van der Waals surface area contributed by atoms with E-state index >= 15 is 0 Å². The first-order valence-corrected chi connectivity index (χ1v) is 11.6. The summed E-state index contributed by atoms with van der Waals surface area (Å²) in [5.74, 6) is 0. The largest absolute Gasteiger partial charge is 0.336 e. The smallest absolute Gasteiger partial charge is 0.223 e. The third-order valence-electron chi connectivity index (χ3n) is 5.63. The van der Waals surface area contributed by atoms with Crippen LogP contribution in [0.3, 0.4) is 0 Å².